The van der Waals surface area contributed by atoms with E-state index in [-0.39, 0.29) is 11.9 Å². The molecule has 2 atom stereocenters. The zero-order valence-corrected chi connectivity index (χ0v) is 9.91. The maximum atomic E-state index is 13.5. The molecular formula is C12H20FN3. The van der Waals surface area contributed by atoms with Gasteiger partial charge in [-0.15, -0.1) is 0 Å². The van der Waals surface area contributed by atoms with Crippen LogP contribution in [-0.2, 0) is 0 Å². The molecule has 1 rings (SSSR count). The van der Waals surface area contributed by atoms with Crippen LogP contribution in [0.5, 0.6) is 0 Å². The minimum absolute atomic E-state index is 0.135. The van der Waals surface area contributed by atoms with Gasteiger partial charge in [-0.05, 0) is 18.4 Å². The molecule has 0 saturated carbocycles. The van der Waals surface area contributed by atoms with Gasteiger partial charge in [0.2, 0.25) is 0 Å². The molecule has 16 heavy (non-hydrogen) atoms. The lowest BCUT2D eigenvalue weighted by Crippen LogP contribution is -2.30. The molecule has 3 nitrogen and oxygen atoms in total. The van der Waals surface area contributed by atoms with Gasteiger partial charge < -0.3 is 0 Å². The van der Waals surface area contributed by atoms with Crippen molar-refractivity contribution in [3.8, 4) is 0 Å². The molecule has 1 heterocycles. The molecule has 2 unspecified atom stereocenters. The number of rotatable bonds is 6. The summed E-state index contributed by atoms with van der Waals surface area (Å²) in [4.78, 5) is 3.73. The first-order chi connectivity index (χ1) is 7.69. The van der Waals surface area contributed by atoms with Gasteiger partial charge in [-0.1, -0.05) is 26.7 Å². The van der Waals surface area contributed by atoms with Crippen LogP contribution >= 0.6 is 0 Å². The predicted octanol–water partition coefficient (Wildman–Crippen LogP) is 2.55. The van der Waals surface area contributed by atoms with Gasteiger partial charge in [0.15, 0.2) is 0 Å². The first-order valence-corrected chi connectivity index (χ1v) is 5.74. The topological polar surface area (TPSA) is 50.9 Å². The maximum absolute atomic E-state index is 13.5. The Kier molecular flexibility index (Phi) is 5.35. The number of halogens is 1. The van der Waals surface area contributed by atoms with Gasteiger partial charge in [-0.25, -0.2) is 4.39 Å². The number of nitrogens with zero attached hydrogens (tertiary/aromatic N) is 1. The zero-order valence-electron chi connectivity index (χ0n) is 9.91. The van der Waals surface area contributed by atoms with Gasteiger partial charge in [0.05, 0.1) is 6.20 Å². The van der Waals surface area contributed by atoms with Crippen LogP contribution < -0.4 is 11.3 Å². The molecule has 3 N–H and O–H groups in total. The Bertz CT molecular complexity index is 317. The summed E-state index contributed by atoms with van der Waals surface area (Å²) >= 11 is 0. The summed E-state index contributed by atoms with van der Waals surface area (Å²) < 4.78 is 13.5. The van der Waals surface area contributed by atoms with Crippen molar-refractivity contribution in [1.29, 1.82) is 0 Å². The number of hydrogen-bond acceptors (Lipinski definition) is 3. The molecule has 0 aliphatic heterocycles. The summed E-state index contributed by atoms with van der Waals surface area (Å²) in [5.74, 6) is 5.71. The standard InChI is InChI=1S/C12H20FN3/c1-3-4-9(2)7-12(16-14)10-5-6-15-8-11(10)13/h5-6,8-9,12,16H,3-4,7,14H2,1-2H3. The number of aromatic nitrogens is 1. The Morgan fingerprint density at radius 1 is 1.56 bits per heavy atom. The lowest BCUT2D eigenvalue weighted by Gasteiger charge is -2.20. The summed E-state index contributed by atoms with van der Waals surface area (Å²) in [7, 11) is 0. The molecule has 0 amide bonds. The van der Waals surface area contributed by atoms with E-state index >= 15 is 0 Å². The van der Waals surface area contributed by atoms with Gasteiger partial charge in [0.1, 0.15) is 5.82 Å². The summed E-state index contributed by atoms with van der Waals surface area (Å²) in [5, 5.41) is 0. The molecule has 0 bridgehead atoms. The highest BCUT2D eigenvalue weighted by atomic mass is 19.1. The maximum Gasteiger partial charge on any atom is 0.146 e. The van der Waals surface area contributed by atoms with Gasteiger partial charge in [-0.3, -0.25) is 16.3 Å². The van der Waals surface area contributed by atoms with Crippen molar-refractivity contribution in [2.45, 2.75) is 39.2 Å². The highest BCUT2D eigenvalue weighted by Gasteiger charge is 2.16. The molecule has 1 aromatic rings. The van der Waals surface area contributed by atoms with E-state index in [2.05, 4.69) is 24.3 Å². The molecule has 1 aromatic heterocycles. The molecule has 0 spiro atoms. The second kappa shape index (κ2) is 6.55. The SMILES string of the molecule is CCCC(C)CC(NN)c1ccncc1F. The molecule has 0 aromatic carbocycles. The highest BCUT2D eigenvalue weighted by Crippen LogP contribution is 2.24. The summed E-state index contributed by atoms with van der Waals surface area (Å²) in [6, 6.07) is 1.54. The second-order valence-electron chi connectivity index (χ2n) is 4.25. The number of pyridine rings is 1. The number of hydrogen-bond donors (Lipinski definition) is 2. The van der Waals surface area contributed by atoms with Crippen LogP contribution in [0.15, 0.2) is 18.5 Å². The highest BCUT2D eigenvalue weighted by molar-refractivity contribution is 5.17. The van der Waals surface area contributed by atoms with E-state index in [9.17, 15) is 4.39 Å². The van der Waals surface area contributed by atoms with E-state index in [0.717, 1.165) is 19.3 Å². The summed E-state index contributed by atoms with van der Waals surface area (Å²) in [6.07, 6.45) is 5.92. The smallest absolute Gasteiger partial charge is 0.146 e. The van der Waals surface area contributed by atoms with Crippen molar-refractivity contribution in [2.24, 2.45) is 11.8 Å². The van der Waals surface area contributed by atoms with Gasteiger partial charge in [0.25, 0.3) is 0 Å². The fourth-order valence-corrected chi connectivity index (χ4v) is 1.97. The summed E-state index contributed by atoms with van der Waals surface area (Å²) in [6.45, 7) is 4.31. The third-order valence-corrected chi connectivity index (χ3v) is 2.80. The number of hydrazine groups is 1. The molecular weight excluding hydrogens is 205 g/mol. The van der Waals surface area contributed by atoms with Crippen molar-refractivity contribution in [2.75, 3.05) is 0 Å². The Morgan fingerprint density at radius 3 is 2.88 bits per heavy atom. The molecule has 0 aliphatic rings. The van der Waals surface area contributed by atoms with E-state index in [1.165, 1.54) is 6.20 Å². The fraction of sp³-hybridized carbons (Fsp3) is 0.583. The van der Waals surface area contributed by atoms with Crippen LogP contribution in [0.4, 0.5) is 4.39 Å². The van der Waals surface area contributed by atoms with Crippen molar-refractivity contribution in [3.05, 3.63) is 29.8 Å². The minimum Gasteiger partial charge on any atom is -0.271 e. The third kappa shape index (κ3) is 3.54. The Morgan fingerprint density at radius 2 is 2.31 bits per heavy atom. The normalized spacial score (nSPS) is 14.8. The molecule has 90 valence electrons. The van der Waals surface area contributed by atoms with Crippen LogP contribution in [0, 0.1) is 11.7 Å². The summed E-state index contributed by atoms with van der Waals surface area (Å²) in [5.41, 5.74) is 3.28. The monoisotopic (exact) mass is 225 g/mol. The van der Waals surface area contributed by atoms with E-state index in [4.69, 9.17) is 5.84 Å². The average Bonchev–Trinajstić information content (AvgIpc) is 2.27. The van der Waals surface area contributed by atoms with Crippen molar-refractivity contribution < 1.29 is 4.39 Å². The molecule has 0 fully saturated rings. The van der Waals surface area contributed by atoms with Crippen LogP contribution in [0.25, 0.3) is 0 Å². The van der Waals surface area contributed by atoms with Crippen molar-refractivity contribution in [1.82, 2.24) is 10.4 Å². The lowest BCUT2D eigenvalue weighted by atomic mass is 9.93. The van der Waals surface area contributed by atoms with Crippen molar-refractivity contribution >= 4 is 0 Å². The van der Waals surface area contributed by atoms with E-state index < -0.39 is 0 Å². The molecule has 0 saturated heterocycles. The molecule has 0 aliphatic carbocycles. The first-order valence-electron chi connectivity index (χ1n) is 5.74. The van der Waals surface area contributed by atoms with Crippen LogP contribution in [-0.4, -0.2) is 4.98 Å². The number of nitrogens with one attached hydrogen (secondary N) is 1. The van der Waals surface area contributed by atoms with Gasteiger partial charge in [0, 0.05) is 17.8 Å². The van der Waals surface area contributed by atoms with Crippen LogP contribution in [0.1, 0.15) is 44.7 Å². The Labute approximate surface area is 96.2 Å². The Hall–Kier alpha value is -1.00. The second-order valence-corrected chi connectivity index (χ2v) is 4.25. The van der Waals surface area contributed by atoms with Gasteiger partial charge >= 0.3 is 0 Å². The minimum atomic E-state index is -0.297. The largest absolute Gasteiger partial charge is 0.271 e. The van der Waals surface area contributed by atoms with E-state index in [1.54, 1.807) is 12.3 Å². The molecule has 4 heteroatoms. The van der Waals surface area contributed by atoms with E-state index in [0.29, 0.717) is 11.5 Å². The van der Waals surface area contributed by atoms with Gasteiger partial charge in [-0.2, -0.15) is 0 Å². The van der Waals surface area contributed by atoms with E-state index in [1.807, 2.05) is 0 Å². The number of nitrogens with two attached hydrogens (primary N) is 1. The quantitative estimate of drug-likeness (QED) is 0.578. The Balaban J connectivity index is 2.71. The fourth-order valence-electron chi connectivity index (χ4n) is 1.97. The third-order valence-electron chi connectivity index (χ3n) is 2.80. The molecule has 0 radical (unpaired) electrons. The predicted molar refractivity (Wildman–Crippen MR) is 62.9 cm³/mol. The zero-order chi connectivity index (χ0) is 12.0. The van der Waals surface area contributed by atoms with Crippen LogP contribution in [0.2, 0.25) is 0 Å². The van der Waals surface area contributed by atoms with Crippen molar-refractivity contribution in [3.63, 3.8) is 0 Å². The van der Waals surface area contributed by atoms with Crippen LogP contribution in [0.3, 0.4) is 0 Å². The lowest BCUT2D eigenvalue weighted by molar-refractivity contribution is 0.385. The first kappa shape index (κ1) is 13.1. The average molecular weight is 225 g/mol.